The third-order valence-corrected chi connectivity index (χ3v) is 5.15. The molecule has 2 aromatic rings. The molecule has 1 aromatic heterocycles. The first kappa shape index (κ1) is 13.5. The van der Waals surface area contributed by atoms with Crippen LogP contribution in [0.25, 0.3) is 0 Å². The number of nitro groups is 1. The van der Waals surface area contributed by atoms with Crippen LogP contribution < -0.4 is 5.19 Å². The second-order valence-corrected chi connectivity index (χ2v) is 10.7. The summed E-state index contributed by atoms with van der Waals surface area (Å²) in [4.78, 5) is 10.2. The Kier molecular flexibility index (Phi) is 3.57. The molecule has 0 N–H and O–H groups in total. The van der Waals surface area contributed by atoms with Crippen LogP contribution >= 0.6 is 0 Å². The first-order valence-corrected chi connectivity index (χ1v) is 9.67. The Hall–Kier alpha value is -1.88. The molecule has 0 fully saturated rings. The van der Waals surface area contributed by atoms with Gasteiger partial charge in [-0.25, -0.2) is 0 Å². The molecule has 0 aliphatic rings. The number of furan rings is 1. The van der Waals surface area contributed by atoms with E-state index in [0.717, 1.165) is 12.0 Å². The van der Waals surface area contributed by atoms with Crippen molar-refractivity contribution in [3.05, 3.63) is 58.0 Å². The smallest absolute Gasteiger partial charge is 0.269 e. The number of hydrogen-bond acceptors (Lipinski definition) is 3. The van der Waals surface area contributed by atoms with Crippen molar-refractivity contribution >= 4 is 18.9 Å². The molecule has 2 rings (SSSR count). The molecular weight excluding hydrogens is 258 g/mol. The summed E-state index contributed by atoms with van der Waals surface area (Å²) in [7, 11) is -1.41. The zero-order chi connectivity index (χ0) is 14.0. The Labute approximate surface area is 113 Å². The van der Waals surface area contributed by atoms with Gasteiger partial charge in [-0.1, -0.05) is 31.8 Å². The Morgan fingerprint density at radius 2 is 1.79 bits per heavy atom. The molecule has 0 radical (unpaired) electrons. The Morgan fingerprint density at radius 3 is 2.32 bits per heavy atom. The number of hydrogen-bond donors (Lipinski definition) is 0. The third kappa shape index (κ3) is 3.11. The number of nitrogens with zero attached hydrogens (tertiary/aromatic N) is 1. The Bertz CT molecular complexity index is 581. The van der Waals surface area contributed by atoms with Crippen LogP contribution in [0.1, 0.15) is 11.1 Å². The molecule has 1 aromatic carbocycles. The van der Waals surface area contributed by atoms with Gasteiger partial charge in [-0.05, 0) is 16.3 Å². The highest BCUT2D eigenvalue weighted by atomic mass is 28.3. The fraction of sp³-hybridized carbons (Fsp3) is 0.286. The maximum atomic E-state index is 10.6. The van der Waals surface area contributed by atoms with Gasteiger partial charge in [-0.3, -0.25) is 10.1 Å². The highest BCUT2D eigenvalue weighted by Crippen LogP contribution is 2.16. The van der Waals surface area contributed by atoms with Crippen molar-refractivity contribution in [2.24, 2.45) is 0 Å². The van der Waals surface area contributed by atoms with Gasteiger partial charge >= 0.3 is 0 Å². The number of benzene rings is 1. The van der Waals surface area contributed by atoms with Crippen molar-refractivity contribution in [2.75, 3.05) is 0 Å². The van der Waals surface area contributed by atoms with E-state index in [9.17, 15) is 10.1 Å². The summed E-state index contributed by atoms with van der Waals surface area (Å²) >= 11 is 0. The van der Waals surface area contributed by atoms with Crippen LogP contribution in [0.2, 0.25) is 19.6 Å². The van der Waals surface area contributed by atoms with E-state index in [4.69, 9.17) is 4.42 Å². The van der Waals surface area contributed by atoms with Gasteiger partial charge in [-0.2, -0.15) is 0 Å². The lowest BCUT2D eigenvalue weighted by Gasteiger charge is -2.15. The summed E-state index contributed by atoms with van der Waals surface area (Å²) in [6.45, 7) is 6.82. The van der Waals surface area contributed by atoms with Gasteiger partial charge in [0.25, 0.3) is 5.69 Å². The second-order valence-electron chi connectivity index (χ2n) is 5.66. The van der Waals surface area contributed by atoms with Crippen LogP contribution in [0.5, 0.6) is 0 Å². The summed E-state index contributed by atoms with van der Waals surface area (Å²) in [6.07, 6.45) is 4.38. The first-order valence-electron chi connectivity index (χ1n) is 6.17. The molecule has 0 atom stereocenters. The third-order valence-electron chi connectivity index (χ3n) is 3.09. The van der Waals surface area contributed by atoms with Gasteiger partial charge < -0.3 is 4.42 Å². The van der Waals surface area contributed by atoms with Gasteiger partial charge in [0.15, 0.2) is 0 Å². The second kappa shape index (κ2) is 5.01. The molecule has 0 amide bonds. The van der Waals surface area contributed by atoms with Crippen LogP contribution in [0.3, 0.4) is 0 Å². The molecule has 1 heterocycles. The maximum Gasteiger partial charge on any atom is 0.269 e. The standard InChI is InChI=1S/C14H17NO3Si/c1-19(2,3)14-10-18-9-12(14)8-11-4-6-13(7-5-11)15(16)17/h4-7,9-10H,8H2,1-3H3. The minimum absolute atomic E-state index is 0.126. The van der Waals surface area contributed by atoms with Crippen LogP contribution in [-0.2, 0) is 6.42 Å². The Balaban J connectivity index is 2.22. The average Bonchev–Trinajstić information content (AvgIpc) is 2.77. The maximum absolute atomic E-state index is 10.6. The van der Waals surface area contributed by atoms with E-state index >= 15 is 0 Å². The molecule has 0 aliphatic carbocycles. The summed E-state index contributed by atoms with van der Waals surface area (Å²) < 4.78 is 5.33. The molecular formula is C14H17NO3Si. The minimum atomic E-state index is -1.41. The normalized spacial score (nSPS) is 11.5. The van der Waals surface area contributed by atoms with Crippen molar-refractivity contribution in [2.45, 2.75) is 26.1 Å². The average molecular weight is 275 g/mol. The number of nitro benzene ring substituents is 1. The zero-order valence-electron chi connectivity index (χ0n) is 11.3. The molecule has 0 saturated carbocycles. The molecule has 0 saturated heterocycles. The van der Waals surface area contributed by atoms with Gasteiger partial charge in [-0.15, -0.1) is 0 Å². The molecule has 0 aliphatic heterocycles. The van der Waals surface area contributed by atoms with Gasteiger partial charge in [0.1, 0.15) is 0 Å². The molecule has 5 heteroatoms. The predicted molar refractivity (Wildman–Crippen MR) is 77.6 cm³/mol. The van der Waals surface area contributed by atoms with Gasteiger partial charge in [0.2, 0.25) is 0 Å². The highest BCUT2D eigenvalue weighted by Gasteiger charge is 2.22. The monoisotopic (exact) mass is 275 g/mol. The van der Waals surface area contributed by atoms with E-state index in [2.05, 4.69) is 19.6 Å². The lowest BCUT2D eigenvalue weighted by molar-refractivity contribution is -0.384. The van der Waals surface area contributed by atoms with E-state index in [1.54, 1.807) is 30.5 Å². The van der Waals surface area contributed by atoms with Crippen LogP contribution in [0.4, 0.5) is 5.69 Å². The van der Waals surface area contributed by atoms with Gasteiger partial charge in [0.05, 0.1) is 25.5 Å². The SMILES string of the molecule is C[Si](C)(C)c1cocc1Cc1ccc([N+](=O)[O-])cc1. The molecule has 0 bridgehead atoms. The largest absolute Gasteiger partial charge is 0.472 e. The predicted octanol–water partition coefficient (Wildman–Crippen LogP) is 3.32. The summed E-state index contributed by atoms with van der Waals surface area (Å²) in [5.74, 6) is 0. The first-order chi connectivity index (χ1) is 8.88. The lowest BCUT2D eigenvalue weighted by atomic mass is 10.1. The van der Waals surface area contributed by atoms with Gasteiger partial charge in [0, 0.05) is 18.6 Å². The topological polar surface area (TPSA) is 56.3 Å². The summed E-state index contributed by atoms with van der Waals surface area (Å²) in [5, 5.41) is 11.9. The van der Waals surface area contributed by atoms with E-state index in [1.807, 2.05) is 6.26 Å². The van der Waals surface area contributed by atoms with Crippen LogP contribution in [0.15, 0.2) is 41.2 Å². The van der Waals surface area contributed by atoms with E-state index in [0.29, 0.717) is 0 Å². The van der Waals surface area contributed by atoms with E-state index in [-0.39, 0.29) is 10.6 Å². The Morgan fingerprint density at radius 1 is 1.16 bits per heavy atom. The van der Waals surface area contributed by atoms with Crippen molar-refractivity contribution < 1.29 is 9.34 Å². The molecule has 0 spiro atoms. The van der Waals surface area contributed by atoms with Crippen LogP contribution in [0, 0.1) is 10.1 Å². The minimum Gasteiger partial charge on any atom is -0.472 e. The quantitative estimate of drug-likeness (QED) is 0.488. The van der Waals surface area contributed by atoms with Crippen molar-refractivity contribution in [1.82, 2.24) is 0 Å². The molecule has 19 heavy (non-hydrogen) atoms. The zero-order valence-corrected chi connectivity index (χ0v) is 12.3. The highest BCUT2D eigenvalue weighted by molar-refractivity contribution is 6.89. The fourth-order valence-electron chi connectivity index (χ4n) is 2.07. The molecule has 100 valence electrons. The van der Waals surface area contributed by atoms with Crippen molar-refractivity contribution in [1.29, 1.82) is 0 Å². The fourth-order valence-corrected chi connectivity index (χ4v) is 3.61. The molecule has 4 nitrogen and oxygen atoms in total. The summed E-state index contributed by atoms with van der Waals surface area (Å²) in [6, 6.07) is 6.70. The molecule has 0 unspecified atom stereocenters. The van der Waals surface area contributed by atoms with Crippen LogP contribution in [-0.4, -0.2) is 13.0 Å². The number of rotatable bonds is 4. The number of non-ortho nitro benzene ring substituents is 1. The van der Waals surface area contributed by atoms with Crippen molar-refractivity contribution in [3.8, 4) is 0 Å². The van der Waals surface area contributed by atoms with E-state index in [1.165, 1.54) is 10.8 Å². The lowest BCUT2D eigenvalue weighted by Crippen LogP contribution is -2.38. The van der Waals surface area contributed by atoms with Crippen molar-refractivity contribution in [3.63, 3.8) is 0 Å². The summed E-state index contributed by atoms with van der Waals surface area (Å²) in [5.41, 5.74) is 2.38. The van der Waals surface area contributed by atoms with E-state index < -0.39 is 8.07 Å².